The Morgan fingerprint density at radius 2 is 1.70 bits per heavy atom. The molecule has 9 nitrogen and oxygen atoms in total. The van der Waals surface area contributed by atoms with Crippen molar-refractivity contribution in [2.45, 2.75) is 50.4 Å². The van der Waals surface area contributed by atoms with Crippen LogP contribution in [0.4, 0.5) is 10.3 Å². The molecular weight excluding hydrogens is 506 g/mol. The van der Waals surface area contributed by atoms with Crippen molar-refractivity contribution in [1.29, 1.82) is 0 Å². The standard InChI is InChI=1S/C26H29N7O2S2/c1-35-21-11-3-2-7-17(21)12-14-28-25-32-30-23(36-25)18-8-6-9-19(15-18)24-31-33-26(37-24)29-22(34)16-20-10-4-5-13-27-20/h2-5,7,10-11,13,18-19H,6,8-9,12,14-16H2,1H3,(H,28,32)(H,29,33,34). The molecule has 1 saturated carbocycles. The van der Waals surface area contributed by atoms with Crippen molar-refractivity contribution in [3.63, 3.8) is 0 Å². The quantitative estimate of drug-likeness (QED) is 0.289. The van der Waals surface area contributed by atoms with Crippen LogP contribution in [-0.2, 0) is 17.6 Å². The minimum absolute atomic E-state index is 0.137. The highest BCUT2D eigenvalue weighted by Gasteiger charge is 2.29. The summed E-state index contributed by atoms with van der Waals surface area (Å²) in [5, 5.41) is 27.2. The minimum Gasteiger partial charge on any atom is -0.496 e. The van der Waals surface area contributed by atoms with E-state index in [-0.39, 0.29) is 12.3 Å². The lowest BCUT2D eigenvalue weighted by Gasteiger charge is -2.25. The fourth-order valence-corrected chi connectivity index (χ4v) is 6.43. The molecule has 4 aromatic rings. The molecule has 0 spiro atoms. The van der Waals surface area contributed by atoms with Crippen LogP contribution in [0.2, 0.25) is 0 Å². The van der Waals surface area contributed by atoms with Crippen LogP contribution in [0.25, 0.3) is 0 Å². The predicted molar refractivity (Wildman–Crippen MR) is 146 cm³/mol. The number of nitrogens with one attached hydrogen (secondary N) is 2. The number of ether oxygens (including phenoxy) is 1. The number of hydrogen-bond donors (Lipinski definition) is 2. The third kappa shape index (κ3) is 6.66. The summed E-state index contributed by atoms with van der Waals surface area (Å²) >= 11 is 3.10. The zero-order valence-electron chi connectivity index (χ0n) is 20.6. The normalized spacial score (nSPS) is 17.3. The first-order chi connectivity index (χ1) is 18.2. The van der Waals surface area contributed by atoms with Gasteiger partial charge in [0.15, 0.2) is 0 Å². The van der Waals surface area contributed by atoms with Crippen LogP contribution in [0, 0.1) is 0 Å². The second kappa shape index (κ2) is 12.2. The zero-order valence-corrected chi connectivity index (χ0v) is 22.2. The van der Waals surface area contributed by atoms with Gasteiger partial charge in [-0.25, -0.2) is 0 Å². The number of hydrogen-bond acceptors (Lipinski definition) is 10. The lowest BCUT2D eigenvalue weighted by atomic mass is 9.82. The summed E-state index contributed by atoms with van der Waals surface area (Å²) in [5.74, 6) is 1.43. The van der Waals surface area contributed by atoms with Crippen molar-refractivity contribution in [3.05, 3.63) is 69.9 Å². The van der Waals surface area contributed by atoms with Gasteiger partial charge in [-0.1, -0.05) is 53.4 Å². The molecule has 1 aliphatic carbocycles. The topological polar surface area (TPSA) is 115 Å². The maximum Gasteiger partial charge on any atom is 0.232 e. The average Bonchev–Trinajstić information content (AvgIpc) is 3.60. The van der Waals surface area contributed by atoms with E-state index in [4.69, 9.17) is 4.74 Å². The van der Waals surface area contributed by atoms with Gasteiger partial charge in [-0.2, -0.15) is 0 Å². The number of carbonyl (C=O) groups is 1. The van der Waals surface area contributed by atoms with E-state index >= 15 is 0 Å². The monoisotopic (exact) mass is 535 g/mol. The molecule has 5 rings (SSSR count). The van der Waals surface area contributed by atoms with Crippen molar-refractivity contribution in [3.8, 4) is 5.75 Å². The summed E-state index contributed by atoms with van der Waals surface area (Å²) in [7, 11) is 1.70. The molecule has 1 fully saturated rings. The van der Waals surface area contributed by atoms with Crippen LogP contribution in [0.15, 0.2) is 48.7 Å². The molecule has 37 heavy (non-hydrogen) atoms. The molecule has 3 heterocycles. The highest BCUT2D eigenvalue weighted by Crippen LogP contribution is 2.43. The second-order valence-electron chi connectivity index (χ2n) is 8.99. The molecule has 1 amide bonds. The largest absolute Gasteiger partial charge is 0.496 e. The van der Waals surface area contributed by atoms with Gasteiger partial charge in [-0.05, 0) is 49.4 Å². The number of para-hydroxylation sites is 1. The summed E-state index contributed by atoms with van der Waals surface area (Å²) in [6.07, 6.45) is 6.98. The molecule has 1 aliphatic rings. The number of benzene rings is 1. The Balaban J connectivity index is 1.13. The van der Waals surface area contributed by atoms with E-state index in [1.165, 1.54) is 16.9 Å². The van der Waals surface area contributed by atoms with Crippen LogP contribution < -0.4 is 15.4 Å². The molecule has 2 N–H and O–H groups in total. The molecule has 0 aliphatic heterocycles. The first-order valence-electron chi connectivity index (χ1n) is 12.4. The van der Waals surface area contributed by atoms with Gasteiger partial charge in [0.1, 0.15) is 15.8 Å². The summed E-state index contributed by atoms with van der Waals surface area (Å²) in [6, 6.07) is 13.6. The number of rotatable bonds is 10. The van der Waals surface area contributed by atoms with E-state index in [1.807, 2.05) is 36.4 Å². The lowest BCUT2D eigenvalue weighted by molar-refractivity contribution is -0.115. The molecule has 0 radical (unpaired) electrons. The maximum atomic E-state index is 12.4. The van der Waals surface area contributed by atoms with E-state index in [9.17, 15) is 4.79 Å². The number of methoxy groups -OCH3 is 1. The number of pyridine rings is 1. The number of anilines is 2. The second-order valence-corrected chi connectivity index (χ2v) is 11.0. The van der Waals surface area contributed by atoms with Crippen LogP contribution >= 0.6 is 22.7 Å². The molecule has 11 heteroatoms. The molecular formula is C26H29N7O2S2. The SMILES string of the molecule is COc1ccccc1CCNc1nnc(C2CCCC(c3nnc(NC(=O)Cc4ccccn4)s3)C2)s1. The van der Waals surface area contributed by atoms with E-state index in [2.05, 4.69) is 42.1 Å². The first kappa shape index (κ1) is 25.2. The first-order valence-corrected chi connectivity index (χ1v) is 14.0. The Morgan fingerprint density at radius 3 is 2.46 bits per heavy atom. The van der Waals surface area contributed by atoms with E-state index in [1.54, 1.807) is 24.6 Å². The molecule has 2 unspecified atom stereocenters. The van der Waals surface area contributed by atoms with Gasteiger partial charge < -0.3 is 15.4 Å². The van der Waals surface area contributed by atoms with Crippen molar-refractivity contribution in [2.75, 3.05) is 24.3 Å². The molecule has 0 saturated heterocycles. The Hall–Kier alpha value is -3.44. The Kier molecular flexibility index (Phi) is 8.32. The Morgan fingerprint density at radius 1 is 0.973 bits per heavy atom. The highest BCUT2D eigenvalue weighted by molar-refractivity contribution is 7.15. The van der Waals surface area contributed by atoms with Gasteiger partial charge in [-0.3, -0.25) is 9.78 Å². The highest BCUT2D eigenvalue weighted by atomic mass is 32.1. The number of nitrogens with zero attached hydrogens (tertiary/aromatic N) is 5. The number of amides is 1. The summed E-state index contributed by atoms with van der Waals surface area (Å²) < 4.78 is 5.44. The van der Waals surface area contributed by atoms with Crippen molar-refractivity contribution < 1.29 is 9.53 Å². The van der Waals surface area contributed by atoms with Gasteiger partial charge in [0.25, 0.3) is 0 Å². The number of carbonyl (C=O) groups excluding carboxylic acids is 1. The summed E-state index contributed by atoms with van der Waals surface area (Å²) in [5.41, 5.74) is 1.90. The van der Waals surface area contributed by atoms with Crippen LogP contribution in [0.5, 0.6) is 5.75 Å². The summed E-state index contributed by atoms with van der Waals surface area (Å²) in [4.78, 5) is 16.6. The molecule has 3 aromatic heterocycles. The molecule has 1 aromatic carbocycles. The fraction of sp³-hybridized carbons (Fsp3) is 0.385. The van der Waals surface area contributed by atoms with Crippen LogP contribution in [0.1, 0.15) is 58.8 Å². The fourth-order valence-electron chi connectivity index (χ4n) is 4.60. The van der Waals surface area contributed by atoms with Gasteiger partial charge in [0.05, 0.1) is 13.5 Å². The van der Waals surface area contributed by atoms with Crippen molar-refractivity contribution in [1.82, 2.24) is 25.4 Å². The van der Waals surface area contributed by atoms with Gasteiger partial charge >= 0.3 is 0 Å². The van der Waals surface area contributed by atoms with Gasteiger partial charge in [0, 0.05) is 30.3 Å². The van der Waals surface area contributed by atoms with Gasteiger partial charge in [-0.15, -0.1) is 20.4 Å². The third-order valence-electron chi connectivity index (χ3n) is 6.43. The molecule has 2 atom stereocenters. The van der Waals surface area contributed by atoms with E-state index in [0.29, 0.717) is 17.0 Å². The van der Waals surface area contributed by atoms with E-state index in [0.717, 1.165) is 65.2 Å². The minimum atomic E-state index is -0.137. The Bertz CT molecular complexity index is 1310. The molecule has 192 valence electrons. The van der Waals surface area contributed by atoms with Crippen molar-refractivity contribution >= 4 is 38.8 Å². The lowest BCUT2D eigenvalue weighted by Crippen LogP contribution is -2.14. The smallest absolute Gasteiger partial charge is 0.232 e. The van der Waals surface area contributed by atoms with Crippen molar-refractivity contribution in [2.24, 2.45) is 0 Å². The predicted octanol–water partition coefficient (Wildman–Crippen LogP) is 5.07. The van der Waals surface area contributed by atoms with Gasteiger partial charge in [0.2, 0.25) is 16.2 Å². The summed E-state index contributed by atoms with van der Waals surface area (Å²) in [6.45, 7) is 0.766. The van der Waals surface area contributed by atoms with Crippen LogP contribution in [-0.4, -0.2) is 44.9 Å². The third-order valence-corrected chi connectivity index (χ3v) is 8.48. The molecule has 0 bridgehead atoms. The zero-order chi connectivity index (χ0) is 25.5. The van der Waals surface area contributed by atoms with Crippen LogP contribution in [0.3, 0.4) is 0 Å². The Labute approximate surface area is 223 Å². The van der Waals surface area contributed by atoms with E-state index < -0.39 is 0 Å². The maximum absolute atomic E-state index is 12.4. The average molecular weight is 536 g/mol. The number of aromatic nitrogens is 5.